The van der Waals surface area contributed by atoms with Gasteiger partial charge in [0.05, 0.1) is 0 Å². The number of aryl methyl sites for hydroxylation is 1. The van der Waals surface area contributed by atoms with Gasteiger partial charge in [0.1, 0.15) is 11.6 Å². The average Bonchev–Trinajstić information content (AvgIpc) is 3.03. The zero-order valence-corrected chi connectivity index (χ0v) is 26.1. The van der Waals surface area contributed by atoms with Crippen LogP contribution >= 0.6 is 0 Å². The highest BCUT2D eigenvalue weighted by Gasteiger charge is 2.54. The molecule has 2 amide bonds. The third-order valence-electron chi connectivity index (χ3n) is 9.50. The van der Waals surface area contributed by atoms with Crippen molar-refractivity contribution < 1.29 is 9.59 Å². The van der Waals surface area contributed by atoms with Crippen molar-refractivity contribution in [3.8, 4) is 0 Å². The van der Waals surface area contributed by atoms with E-state index >= 15 is 0 Å². The van der Waals surface area contributed by atoms with Crippen LogP contribution in [-0.2, 0) is 16.0 Å². The van der Waals surface area contributed by atoms with Gasteiger partial charge in [-0.2, -0.15) is 0 Å². The van der Waals surface area contributed by atoms with Crippen LogP contribution in [0.4, 0.5) is 0 Å². The smallest absolute Gasteiger partial charge is 0.246 e. The molecule has 228 valence electrons. The van der Waals surface area contributed by atoms with Crippen molar-refractivity contribution in [3.63, 3.8) is 0 Å². The predicted octanol–water partition coefficient (Wildman–Crippen LogP) is 6.83. The van der Waals surface area contributed by atoms with Crippen molar-refractivity contribution in [2.45, 2.75) is 82.7 Å². The molecule has 3 aromatic rings. The van der Waals surface area contributed by atoms with Crippen LogP contribution in [0, 0.1) is 5.92 Å². The number of nitrogens with zero attached hydrogens (tertiary/aromatic N) is 2. The number of unbranched alkanes of at least 4 members (excludes halogenated alkanes) is 3. The molecule has 2 saturated heterocycles. The highest BCUT2D eigenvalue weighted by atomic mass is 16.2. The van der Waals surface area contributed by atoms with Gasteiger partial charge in [0.15, 0.2) is 0 Å². The van der Waals surface area contributed by atoms with Gasteiger partial charge in [-0.05, 0) is 67.7 Å². The first kappa shape index (κ1) is 31.0. The summed E-state index contributed by atoms with van der Waals surface area (Å²) in [7, 11) is 0. The third kappa shape index (κ3) is 7.75. The molecule has 0 bridgehead atoms. The lowest BCUT2D eigenvalue weighted by atomic mass is 9.79. The number of likely N-dealkylation sites (tertiary alicyclic amines) is 1. The van der Waals surface area contributed by atoms with Gasteiger partial charge in [-0.25, -0.2) is 0 Å². The van der Waals surface area contributed by atoms with Gasteiger partial charge >= 0.3 is 0 Å². The Morgan fingerprint density at radius 3 is 1.91 bits per heavy atom. The maximum atomic E-state index is 14.2. The normalized spacial score (nSPS) is 18.9. The number of benzene rings is 3. The van der Waals surface area contributed by atoms with Gasteiger partial charge in [-0.15, -0.1) is 0 Å². The number of hydrogen-bond donors (Lipinski definition) is 1. The topological polar surface area (TPSA) is 52.7 Å². The fraction of sp³-hybridized carbons (Fsp3) is 0.474. The first-order valence-electron chi connectivity index (χ1n) is 16.4. The van der Waals surface area contributed by atoms with Crippen LogP contribution in [-0.4, -0.2) is 59.4 Å². The molecule has 0 aromatic heterocycles. The second-order valence-electron chi connectivity index (χ2n) is 13.0. The molecule has 2 fully saturated rings. The summed E-state index contributed by atoms with van der Waals surface area (Å²) < 4.78 is 0. The second kappa shape index (κ2) is 14.8. The molecule has 2 aliphatic heterocycles. The Labute approximate surface area is 258 Å². The summed E-state index contributed by atoms with van der Waals surface area (Å²) in [6, 6.07) is 31.2. The molecule has 5 heteroatoms. The van der Waals surface area contributed by atoms with Crippen molar-refractivity contribution in [3.05, 3.63) is 108 Å². The number of nitrogens with one attached hydrogen (secondary N) is 1. The summed E-state index contributed by atoms with van der Waals surface area (Å²) >= 11 is 0. The summed E-state index contributed by atoms with van der Waals surface area (Å²) in [4.78, 5) is 32.7. The molecule has 0 aliphatic carbocycles. The van der Waals surface area contributed by atoms with E-state index in [1.807, 2.05) is 17.0 Å². The molecule has 3 aromatic carbocycles. The molecule has 1 spiro atoms. The number of piperidine rings is 1. The predicted molar refractivity (Wildman–Crippen MR) is 175 cm³/mol. The van der Waals surface area contributed by atoms with Crippen LogP contribution in [0.3, 0.4) is 0 Å². The molecule has 5 rings (SSSR count). The molecule has 2 heterocycles. The largest absolute Gasteiger partial charge is 0.342 e. The minimum Gasteiger partial charge on any atom is -0.342 e. The first-order chi connectivity index (χ1) is 21.0. The van der Waals surface area contributed by atoms with Gasteiger partial charge in [0, 0.05) is 25.6 Å². The van der Waals surface area contributed by atoms with Crippen LogP contribution in [0.1, 0.15) is 81.4 Å². The average molecular weight is 580 g/mol. The van der Waals surface area contributed by atoms with Gasteiger partial charge < -0.3 is 15.1 Å². The Kier molecular flexibility index (Phi) is 10.7. The van der Waals surface area contributed by atoms with E-state index in [0.29, 0.717) is 31.7 Å². The highest BCUT2D eigenvalue weighted by Crippen LogP contribution is 2.37. The van der Waals surface area contributed by atoms with Gasteiger partial charge in [0.2, 0.25) is 11.8 Å². The zero-order valence-electron chi connectivity index (χ0n) is 26.1. The zero-order chi connectivity index (χ0) is 30.1. The standard InChI is InChI=1S/C38H49N3O2/c1-30(2)28-35-36(42)41(29-34(32-19-11-6-12-20-32)33-21-13-7-14-22-33)38(37(43)39-35)23-26-40(27-24-38)25-15-4-3-8-16-31-17-9-5-10-18-31/h5-7,9-14,17-22,30,34-35H,3-4,8,15-16,23-29H2,1-2H3,(H,39,43). The molecule has 1 N–H and O–H groups in total. The fourth-order valence-electron chi connectivity index (χ4n) is 7.03. The number of amides is 2. The van der Waals surface area contributed by atoms with Gasteiger partial charge in [0.25, 0.3) is 0 Å². The Balaban J connectivity index is 1.26. The number of hydrogen-bond acceptors (Lipinski definition) is 3. The molecule has 0 saturated carbocycles. The minimum absolute atomic E-state index is 0.00254. The minimum atomic E-state index is -0.793. The summed E-state index contributed by atoms with van der Waals surface area (Å²) in [6.45, 7) is 7.49. The number of carbonyl (C=O) groups excluding carboxylic acids is 2. The van der Waals surface area contributed by atoms with E-state index in [0.717, 1.165) is 26.1 Å². The summed E-state index contributed by atoms with van der Waals surface area (Å²) in [6.07, 6.45) is 8.06. The van der Waals surface area contributed by atoms with Crippen LogP contribution in [0.5, 0.6) is 0 Å². The van der Waals surface area contributed by atoms with E-state index in [1.54, 1.807) is 0 Å². The van der Waals surface area contributed by atoms with Crippen LogP contribution in [0.15, 0.2) is 91.0 Å². The lowest BCUT2D eigenvalue weighted by Crippen LogP contribution is -2.73. The fourth-order valence-corrected chi connectivity index (χ4v) is 7.03. The van der Waals surface area contributed by atoms with E-state index in [-0.39, 0.29) is 17.7 Å². The molecular formula is C38H49N3O2. The number of carbonyl (C=O) groups is 2. The molecular weight excluding hydrogens is 530 g/mol. The van der Waals surface area contributed by atoms with E-state index in [2.05, 4.69) is 103 Å². The third-order valence-corrected chi connectivity index (χ3v) is 9.50. The number of piperazine rings is 1. The number of rotatable bonds is 13. The van der Waals surface area contributed by atoms with Crippen LogP contribution in [0.25, 0.3) is 0 Å². The molecule has 2 aliphatic rings. The second-order valence-corrected chi connectivity index (χ2v) is 13.0. The van der Waals surface area contributed by atoms with Crippen molar-refractivity contribution in [1.29, 1.82) is 0 Å². The first-order valence-corrected chi connectivity index (χ1v) is 16.4. The van der Waals surface area contributed by atoms with Crippen LogP contribution < -0.4 is 5.32 Å². The van der Waals surface area contributed by atoms with Crippen molar-refractivity contribution in [2.24, 2.45) is 5.92 Å². The Bertz CT molecular complexity index is 1250. The SMILES string of the molecule is CC(C)CC1NC(=O)C2(CCN(CCCCCCc3ccccc3)CC2)N(CC(c2ccccc2)c2ccccc2)C1=O. The van der Waals surface area contributed by atoms with E-state index in [4.69, 9.17) is 0 Å². The molecule has 5 nitrogen and oxygen atoms in total. The lowest BCUT2D eigenvalue weighted by Gasteiger charge is -2.52. The molecule has 1 unspecified atom stereocenters. The molecule has 1 atom stereocenters. The van der Waals surface area contributed by atoms with Crippen LogP contribution in [0.2, 0.25) is 0 Å². The van der Waals surface area contributed by atoms with Crippen molar-refractivity contribution >= 4 is 11.8 Å². The van der Waals surface area contributed by atoms with Crippen molar-refractivity contribution in [2.75, 3.05) is 26.2 Å². The monoisotopic (exact) mass is 579 g/mol. The van der Waals surface area contributed by atoms with E-state index < -0.39 is 11.6 Å². The van der Waals surface area contributed by atoms with E-state index in [1.165, 1.54) is 42.4 Å². The molecule has 0 radical (unpaired) electrons. The van der Waals surface area contributed by atoms with Gasteiger partial charge in [-0.3, -0.25) is 9.59 Å². The molecule has 43 heavy (non-hydrogen) atoms. The highest BCUT2D eigenvalue weighted by molar-refractivity contribution is 6.00. The summed E-state index contributed by atoms with van der Waals surface area (Å²) in [5.74, 6) is 0.441. The maximum absolute atomic E-state index is 14.2. The summed E-state index contributed by atoms with van der Waals surface area (Å²) in [5, 5.41) is 3.19. The summed E-state index contributed by atoms with van der Waals surface area (Å²) in [5.41, 5.74) is 2.98. The quantitative estimate of drug-likeness (QED) is 0.226. The van der Waals surface area contributed by atoms with Gasteiger partial charge in [-0.1, -0.05) is 118 Å². The van der Waals surface area contributed by atoms with Crippen molar-refractivity contribution in [1.82, 2.24) is 15.1 Å². The Morgan fingerprint density at radius 1 is 0.767 bits per heavy atom. The van der Waals surface area contributed by atoms with E-state index in [9.17, 15) is 9.59 Å². The Morgan fingerprint density at radius 2 is 1.33 bits per heavy atom. The Hall–Kier alpha value is -3.44. The maximum Gasteiger partial charge on any atom is 0.246 e. The lowest BCUT2D eigenvalue weighted by molar-refractivity contribution is -0.161.